The van der Waals surface area contributed by atoms with Crippen LogP contribution in [-0.2, 0) is 0 Å². The number of nitro benzene ring substituents is 1. The van der Waals surface area contributed by atoms with Gasteiger partial charge in [0.25, 0.3) is 11.6 Å². The quantitative estimate of drug-likeness (QED) is 0.326. The first-order valence-corrected chi connectivity index (χ1v) is 10.7. The first-order chi connectivity index (χ1) is 15.5. The Labute approximate surface area is 191 Å². The topological polar surface area (TPSA) is 87.5 Å². The maximum atomic E-state index is 13.1. The smallest absolute Gasteiger partial charge is 0.270 e. The molecule has 0 saturated carbocycles. The van der Waals surface area contributed by atoms with E-state index in [2.05, 4.69) is 15.5 Å². The van der Waals surface area contributed by atoms with Gasteiger partial charge in [0.15, 0.2) is 5.11 Å². The molecule has 3 aromatic rings. The zero-order valence-corrected chi connectivity index (χ0v) is 18.1. The third-order valence-corrected chi connectivity index (χ3v) is 5.57. The number of anilines is 2. The van der Waals surface area contributed by atoms with Crippen LogP contribution in [0.4, 0.5) is 17.1 Å². The molecule has 0 spiro atoms. The molecule has 1 fully saturated rings. The fourth-order valence-electron chi connectivity index (χ4n) is 3.84. The highest BCUT2D eigenvalue weighted by molar-refractivity contribution is 7.80. The molecule has 0 aromatic heterocycles. The summed E-state index contributed by atoms with van der Waals surface area (Å²) in [6.07, 6.45) is 2.04. The average Bonchev–Trinajstić information content (AvgIpc) is 3.34. The van der Waals surface area contributed by atoms with Crippen molar-refractivity contribution in [3.8, 4) is 11.1 Å². The number of nitro groups is 1. The third kappa shape index (κ3) is 4.76. The fourth-order valence-corrected chi connectivity index (χ4v) is 4.04. The van der Waals surface area contributed by atoms with Gasteiger partial charge in [-0.05, 0) is 42.8 Å². The van der Waals surface area contributed by atoms with Gasteiger partial charge in [0.05, 0.1) is 16.2 Å². The lowest BCUT2D eigenvalue weighted by Gasteiger charge is -2.21. The molecule has 32 heavy (non-hydrogen) atoms. The fraction of sp³-hybridized carbons (Fsp3) is 0.167. The number of nitrogens with one attached hydrogen (secondary N) is 2. The van der Waals surface area contributed by atoms with Crippen molar-refractivity contribution < 1.29 is 9.72 Å². The van der Waals surface area contributed by atoms with Gasteiger partial charge >= 0.3 is 0 Å². The molecule has 7 nitrogen and oxygen atoms in total. The molecule has 1 saturated heterocycles. The molecule has 0 unspecified atom stereocenters. The van der Waals surface area contributed by atoms with Crippen LogP contribution < -0.4 is 15.5 Å². The molecule has 0 radical (unpaired) electrons. The van der Waals surface area contributed by atoms with E-state index in [4.69, 9.17) is 12.2 Å². The van der Waals surface area contributed by atoms with Crippen LogP contribution in [0.15, 0.2) is 72.8 Å². The van der Waals surface area contributed by atoms with Crippen molar-refractivity contribution in [1.29, 1.82) is 0 Å². The molecule has 8 heteroatoms. The summed E-state index contributed by atoms with van der Waals surface area (Å²) in [4.78, 5) is 25.9. The molecule has 3 aromatic carbocycles. The number of nitrogens with zero attached hydrogens (tertiary/aromatic N) is 2. The minimum absolute atomic E-state index is 0.122. The van der Waals surface area contributed by atoms with Crippen LogP contribution in [-0.4, -0.2) is 29.0 Å². The summed E-state index contributed by atoms with van der Waals surface area (Å²) >= 11 is 5.39. The Morgan fingerprint density at radius 3 is 2.38 bits per heavy atom. The van der Waals surface area contributed by atoms with E-state index in [1.165, 1.54) is 12.1 Å². The lowest BCUT2D eigenvalue weighted by molar-refractivity contribution is -0.384. The molecule has 1 aliphatic heterocycles. The van der Waals surface area contributed by atoms with E-state index in [9.17, 15) is 14.9 Å². The number of non-ortho nitro benzene ring substituents is 1. The Balaban J connectivity index is 1.56. The van der Waals surface area contributed by atoms with Gasteiger partial charge in [-0.3, -0.25) is 20.2 Å². The standard InChI is InChI=1S/C24H22N4O3S/c29-23(20-16-18(28(30)31)12-13-22(20)27-14-6-7-15-27)26-24(32)25-21-11-5-4-10-19(21)17-8-2-1-3-9-17/h1-5,8-13,16H,6-7,14-15H2,(H2,25,26,29,32). The van der Waals surface area contributed by atoms with Crippen LogP contribution >= 0.6 is 12.2 Å². The minimum atomic E-state index is -0.503. The summed E-state index contributed by atoms with van der Waals surface area (Å²) in [7, 11) is 0. The normalized spacial score (nSPS) is 12.9. The number of thiocarbonyl (C=S) groups is 1. The van der Waals surface area contributed by atoms with Gasteiger partial charge in [-0.2, -0.15) is 0 Å². The predicted octanol–water partition coefficient (Wildman–Crippen LogP) is 4.99. The van der Waals surface area contributed by atoms with Crippen LogP contribution in [0.25, 0.3) is 11.1 Å². The number of carbonyl (C=O) groups excluding carboxylic acids is 1. The van der Waals surface area contributed by atoms with E-state index in [1.807, 2.05) is 54.6 Å². The van der Waals surface area contributed by atoms with Crippen molar-refractivity contribution in [3.05, 3.63) is 88.5 Å². The number of hydrogen-bond acceptors (Lipinski definition) is 5. The zero-order valence-electron chi connectivity index (χ0n) is 17.3. The second-order valence-corrected chi connectivity index (χ2v) is 7.88. The van der Waals surface area contributed by atoms with Crippen molar-refractivity contribution in [1.82, 2.24) is 5.32 Å². The van der Waals surface area contributed by atoms with Gasteiger partial charge in [0, 0.05) is 36.5 Å². The van der Waals surface area contributed by atoms with E-state index in [-0.39, 0.29) is 16.4 Å². The van der Waals surface area contributed by atoms with Crippen molar-refractivity contribution >= 4 is 40.3 Å². The van der Waals surface area contributed by atoms with Gasteiger partial charge in [0.2, 0.25) is 0 Å². The van der Waals surface area contributed by atoms with Gasteiger partial charge in [0.1, 0.15) is 0 Å². The second kappa shape index (κ2) is 9.57. The molecule has 0 atom stereocenters. The van der Waals surface area contributed by atoms with Gasteiger partial charge in [-0.15, -0.1) is 0 Å². The summed E-state index contributed by atoms with van der Waals surface area (Å²) in [6.45, 7) is 1.62. The van der Waals surface area contributed by atoms with E-state index >= 15 is 0 Å². The SMILES string of the molecule is O=C(NC(=S)Nc1ccccc1-c1ccccc1)c1cc([N+](=O)[O-])ccc1N1CCCC1. The number of carbonyl (C=O) groups is 1. The van der Waals surface area contributed by atoms with Crippen molar-refractivity contribution in [2.45, 2.75) is 12.8 Å². The summed E-state index contributed by atoms with van der Waals surface area (Å²) < 4.78 is 0. The lowest BCUT2D eigenvalue weighted by atomic mass is 10.0. The lowest BCUT2D eigenvalue weighted by Crippen LogP contribution is -2.35. The number of hydrogen-bond donors (Lipinski definition) is 2. The van der Waals surface area contributed by atoms with Crippen LogP contribution in [0.2, 0.25) is 0 Å². The average molecular weight is 447 g/mol. The largest absolute Gasteiger partial charge is 0.371 e. The molecular formula is C24H22N4O3S. The highest BCUT2D eigenvalue weighted by Gasteiger charge is 2.23. The van der Waals surface area contributed by atoms with Crippen molar-refractivity contribution in [2.24, 2.45) is 0 Å². The number of rotatable bonds is 5. The zero-order chi connectivity index (χ0) is 22.5. The summed E-state index contributed by atoms with van der Waals surface area (Å²) in [5.74, 6) is -0.481. The van der Waals surface area contributed by atoms with E-state index < -0.39 is 10.8 Å². The Morgan fingerprint density at radius 1 is 0.969 bits per heavy atom. The second-order valence-electron chi connectivity index (χ2n) is 7.47. The highest BCUT2D eigenvalue weighted by Crippen LogP contribution is 2.29. The van der Waals surface area contributed by atoms with Crippen molar-refractivity contribution in [3.63, 3.8) is 0 Å². The van der Waals surface area contributed by atoms with E-state index in [0.29, 0.717) is 5.69 Å². The van der Waals surface area contributed by atoms with Gasteiger partial charge in [-0.25, -0.2) is 0 Å². The Kier molecular flexibility index (Phi) is 6.42. The number of amides is 1. The molecule has 1 amide bonds. The summed E-state index contributed by atoms with van der Waals surface area (Å²) in [5, 5.41) is 17.2. The molecule has 0 aliphatic carbocycles. The van der Waals surface area contributed by atoms with Crippen LogP contribution in [0.1, 0.15) is 23.2 Å². The monoisotopic (exact) mass is 446 g/mol. The molecule has 1 heterocycles. The van der Waals surface area contributed by atoms with Crippen LogP contribution in [0.3, 0.4) is 0 Å². The predicted molar refractivity (Wildman–Crippen MR) is 130 cm³/mol. The van der Waals surface area contributed by atoms with Crippen LogP contribution in [0.5, 0.6) is 0 Å². The Hall–Kier alpha value is -3.78. The molecule has 4 rings (SSSR count). The Bertz CT molecular complexity index is 1160. The first-order valence-electron chi connectivity index (χ1n) is 10.3. The van der Waals surface area contributed by atoms with Crippen LogP contribution in [0, 0.1) is 10.1 Å². The Morgan fingerprint density at radius 2 is 1.66 bits per heavy atom. The van der Waals surface area contributed by atoms with E-state index in [1.54, 1.807) is 6.07 Å². The molecular weight excluding hydrogens is 424 g/mol. The molecule has 1 aliphatic rings. The molecule has 162 valence electrons. The van der Waals surface area contributed by atoms with E-state index in [0.717, 1.165) is 42.7 Å². The van der Waals surface area contributed by atoms with Gasteiger partial charge in [-0.1, -0.05) is 48.5 Å². The maximum absolute atomic E-state index is 13.1. The maximum Gasteiger partial charge on any atom is 0.270 e. The summed E-state index contributed by atoms with van der Waals surface area (Å²) in [6, 6.07) is 21.9. The number of benzene rings is 3. The van der Waals surface area contributed by atoms with Gasteiger partial charge < -0.3 is 10.2 Å². The summed E-state index contributed by atoms with van der Waals surface area (Å²) in [5.41, 5.74) is 3.49. The van der Waals surface area contributed by atoms with Crippen molar-refractivity contribution in [2.75, 3.05) is 23.3 Å². The minimum Gasteiger partial charge on any atom is -0.371 e. The first kappa shape index (κ1) is 21.5. The third-order valence-electron chi connectivity index (χ3n) is 5.37. The number of para-hydroxylation sites is 1. The molecule has 0 bridgehead atoms. The molecule has 2 N–H and O–H groups in total. The highest BCUT2D eigenvalue weighted by atomic mass is 32.1.